The SMILES string of the molecule is C#CCCNC(=O)C(N)CC=C. The zero-order valence-corrected chi connectivity index (χ0v) is 7.05. The van der Waals surface area contributed by atoms with Crippen molar-refractivity contribution in [3.8, 4) is 12.3 Å². The van der Waals surface area contributed by atoms with Crippen molar-refractivity contribution in [3.63, 3.8) is 0 Å². The lowest BCUT2D eigenvalue weighted by Gasteiger charge is -2.08. The Morgan fingerprint density at radius 2 is 2.50 bits per heavy atom. The molecule has 1 unspecified atom stereocenters. The van der Waals surface area contributed by atoms with E-state index in [0.29, 0.717) is 19.4 Å². The first-order valence-corrected chi connectivity index (χ1v) is 3.80. The number of carbonyl (C=O) groups is 1. The molecule has 0 aromatic rings. The van der Waals surface area contributed by atoms with Crippen molar-refractivity contribution in [2.24, 2.45) is 5.73 Å². The van der Waals surface area contributed by atoms with Gasteiger partial charge >= 0.3 is 0 Å². The van der Waals surface area contributed by atoms with E-state index in [1.807, 2.05) is 0 Å². The quantitative estimate of drug-likeness (QED) is 0.344. The van der Waals surface area contributed by atoms with Crippen LogP contribution in [0.2, 0.25) is 0 Å². The van der Waals surface area contributed by atoms with Gasteiger partial charge in [-0.25, -0.2) is 0 Å². The number of nitrogens with one attached hydrogen (secondary N) is 1. The monoisotopic (exact) mass is 166 g/mol. The molecule has 12 heavy (non-hydrogen) atoms. The third kappa shape index (κ3) is 4.53. The topological polar surface area (TPSA) is 55.1 Å². The van der Waals surface area contributed by atoms with Gasteiger partial charge in [-0.1, -0.05) is 6.08 Å². The van der Waals surface area contributed by atoms with Crippen molar-refractivity contribution in [1.29, 1.82) is 0 Å². The molecule has 0 bridgehead atoms. The fourth-order valence-corrected chi connectivity index (χ4v) is 0.676. The maximum atomic E-state index is 11.1. The van der Waals surface area contributed by atoms with Gasteiger partial charge in [0.1, 0.15) is 0 Å². The van der Waals surface area contributed by atoms with Crippen molar-refractivity contribution >= 4 is 5.91 Å². The molecule has 0 aromatic carbocycles. The lowest BCUT2D eigenvalue weighted by atomic mass is 10.2. The Balaban J connectivity index is 3.58. The molecule has 66 valence electrons. The fourth-order valence-electron chi connectivity index (χ4n) is 0.676. The van der Waals surface area contributed by atoms with E-state index in [-0.39, 0.29) is 5.91 Å². The molecule has 0 heterocycles. The van der Waals surface area contributed by atoms with E-state index in [0.717, 1.165) is 0 Å². The van der Waals surface area contributed by atoms with Crippen LogP contribution in [0.15, 0.2) is 12.7 Å². The summed E-state index contributed by atoms with van der Waals surface area (Å²) < 4.78 is 0. The smallest absolute Gasteiger partial charge is 0.237 e. The summed E-state index contributed by atoms with van der Waals surface area (Å²) >= 11 is 0. The predicted molar refractivity (Wildman–Crippen MR) is 49.2 cm³/mol. The second-order valence-electron chi connectivity index (χ2n) is 2.38. The van der Waals surface area contributed by atoms with Gasteiger partial charge in [-0.2, -0.15) is 0 Å². The molecule has 3 nitrogen and oxygen atoms in total. The highest BCUT2D eigenvalue weighted by Gasteiger charge is 2.09. The second-order valence-corrected chi connectivity index (χ2v) is 2.38. The molecule has 0 aliphatic carbocycles. The Morgan fingerprint density at radius 1 is 1.83 bits per heavy atom. The van der Waals surface area contributed by atoms with E-state index < -0.39 is 6.04 Å². The van der Waals surface area contributed by atoms with Gasteiger partial charge in [0.05, 0.1) is 6.04 Å². The molecule has 0 rings (SSSR count). The molecule has 3 heteroatoms. The van der Waals surface area contributed by atoms with Crippen LogP contribution in [0.25, 0.3) is 0 Å². The van der Waals surface area contributed by atoms with Crippen LogP contribution in [0.4, 0.5) is 0 Å². The molecule has 0 fully saturated rings. The molecule has 0 saturated carbocycles. The standard InChI is InChI=1S/C9H14N2O/c1-3-5-7-11-9(12)8(10)6-4-2/h1,4,8H,2,5-7,10H2,(H,11,12). The Morgan fingerprint density at radius 3 is 3.00 bits per heavy atom. The maximum Gasteiger partial charge on any atom is 0.237 e. The summed E-state index contributed by atoms with van der Waals surface area (Å²) in [5.74, 6) is 2.24. The summed E-state index contributed by atoms with van der Waals surface area (Å²) in [4.78, 5) is 11.1. The van der Waals surface area contributed by atoms with Gasteiger partial charge in [-0.3, -0.25) is 4.79 Å². The lowest BCUT2D eigenvalue weighted by molar-refractivity contribution is -0.122. The molecule has 3 N–H and O–H groups in total. The Bertz CT molecular complexity index is 193. The summed E-state index contributed by atoms with van der Waals surface area (Å²) in [6, 6.07) is -0.500. The number of hydrogen-bond donors (Lipinski definition) is 2. The van der Waals surface area contributed by atoms with Crippen molar-refractivity contribution in [1.82, 2.24) is 5.32 Å². The predicted octanol–water partition coefficient (Wildman–Crippen LogP) is 0.0293. The van der Waals surface area contributed by atoms with Crippen molar-refractivity contribution in [3.05, 3.63) is 12.7 Å². The third-order valence-corrected chi connectivity index (χ3v) is 1.33. The van der Waals surface area contributed by atoms with Crippen LogP contribution < -0.4 is 11.1 Å². The highest BCUT2D eigenvalue weighted by Crippen LogP contribution is 1.88. The van der Waals surface area contributed by atoms with Gasteiger partial charge in [0.15, 0.2) is 0 Å². The molecule has 1 amide bonds. The minimum atomic E-state index is -0.500. The molecular weight excluding hydrogens is 152 g/mol. The van der Waals surface area contributed by atoms with Crippen LogP contribution in [-0.4, -0.2) is 18.5 Å². The maximum absolute atomic E-state index is 11.1. The highest BCUT2D eigenvalue weighted by molar-refractivity contribution is 5.81. The van der Waals surface area contributed by atoms with Crippen LogP contribution in [-0.2, 0) is 4.79 Å². The molecule has 0 radical (unpaired) electrons. The molecule has 0 saturated heterocycles. The number of rotatable bonds is 5. The van der Waals surface area contributed by atoms with E-state index in [9.17, 15) is 4.79 Å². The fraction of sp³-hybridized carbons (Fsp3) is 0.444. The van der Waals surface area contributed by atoms with Crippen LogP contribution in [0.1, 0.15) is 12.8 Å². The Labute approximate surface area is 73.0 Å². The van der Waals surface area contributed by atoms with E-state index >= 15 is 0 Å². The molecule has 0 aliphatic heterocycles. The zero-order valence-electron chi connectivity index (χ0n) is 7.05. The van der Waals surface area contributed by atoms with E-state index in [1.54, 1.807) is 6.08 Å². The summed E-state index contributed by atoms with van der Waals surface area (Å²) in [6.45, 7) is 3.97. The van der Waals surface area contributed by atoms with Gasteiger partial charge in [-0.05, 0) is 6.42 Å². The van der Waals surface area contributed by atoms with Crippen LogP contribution in [0, 0.1) is 12.3 Å². The number of terminal acetylenes is 1. The van der Waals surface area contributed by atoms with Crippen molar-refractivity contribution in [2.75, 3.05) is 6.54 Å². The van der Waals surface area contributed by atoms with Crippen LogP contribution in [0.5, 0.6) is 0 Å². The summed E-state index contributed by atoms with van der Waals surface area (Å²) in [5, 5.41) is 2.61. The van der Waals surface area contributed by atoms with Crippen molar-refractivity contribution in [2.45, 2.75) is 18.9 Å². The van der Waals surface area contributed by atoms with E-state index in [4.69, 9.17) is 12.2 Å². The summed E-state index contributed by atoms with van der Waals surface area (Å²) in [7, 11) is 0. The Hall–Kier alpha value is -1.27. The average Bonchev–Trinajstić information content (AvgIpc) is 2.05. The van der Waals surface area contributed by atoms with Gasteiger partial charge in [0.2, 0.25) is 5.91 Å². The van der Waals surface area contributed by atoms with E-state index in [2.05, 4.69) is 17.8 Å². The normalized spacial score (nSPS) is 11.3. The van der Waals surface area contributed by atoms with E-state index in [1.165, 1.54) is 0 Å². The zero-order chi connectivity index (χ0) is 9.40. The second kappa shape index (κ2) is 6.44. The number of amides is 1. The number of carbonyl (C=O) groups excluding carboxylic acids is 1. The molecule has 1 atom stereocenters. The number of nitrogens with two attached hydrogens (primary N) is 1. The first-order valence-electron chi connectivity index (χ1n) is 3.80. The first kappa shape index (κ1) is 10.7. The van der Waals surface area contributed by atoms with Crippen LogP contribution >= 0.6 is 0 Å². The average molecular weight is 166 g/mol. The number of hydrogen-bond acceptors (Lipinski definition) is 2. The largest absolute Gasteiger partial charge is 0.354 e. The summed E-state index contributed by atoms with van der Waals surface area (Å²) in [6.07, 6.45) is 7.64. The first-order chi connectivity index (χ1) is 5.72. The third-order valence-electron chi connectivity index (χ3n) is 1.33. The van der Waals surface area contributed by atoms with Gasteiger partial charge in [-0.15, -0.1) is 18.9 Å². The Kier molecular flexibility index (Phi) is 5.76. The highest BCUT2D eigenvalue weighted by atomic mass is 16.2. The lowest BCUT2D eigenvalue weighted by Crippen LogP contribution is -2.40. The summed E-state index contributed by atoms with van der Waals surface area (Å²) in [5.41, 5.74) is 5.48. The van der Waals surface area contributed by atoms with Gasteiger partial charge in [0, 0.05) is 13.0 Å². The molecule has 0 aromatic heterocycles. The molecular formula is C9H14N2O. The van der Waals surface area contributed by atoms with Crippen molar-refractivity contribution < 1.29 is 4.79 Å². The molecule has 0 spiro atoms. The minimum Gasteiger partial charge on any atom is -0.354 e. The van der Waals surface area contributed by atoms with Gasteiger partial charge in [0.25, 0.3) is 0 Å². The molecule has 0 aliphatic rings. The van der Waals surface area contributed by atoms with Crippen LogP contribution in [0.3, 0.4) is 0 Å². The van der Waals surface area contributed by atoms with Gasteiger partial charge < -0.3 is 11.1 Å². The minimum absolute atomic E-state index is 0.176.